The van der Waals surface area contributed by atoms with Crippen LogP contribution in [0.3, 0.4) is 0 Å². The molecule has 124 valence electrons. The summed E-state index contributed by atoms with van der Waals surface area (Å²) >= 11 is 0. The Balaban J connectivity index is 1.68. The van der Waals surface area contributed by atoms with Gasteiger partial charge in [0.1, 0.15) is 5.82 Å². The van der Waals surface area contributed by atoms with Crippen molar-refractivity contribution < 1.29 is 4.74 Å². The number of imidazole rings is 1. The number of nitrogens with zero attached hydrogens (tertiary/aromatic N) is 4. The van der Waals surface area contributed by atoms with Gasteiger partial charge in [0.05, 0.1) is 13.2 Å². The Bertz CT molecular complexity index is 440. The third-order valence-electron chi connectivity index (χ3n) is 5.11. The van der Waals surface area contributed by atoms with E-state index < -0.39 is 0 Å². The highest BCUT2D eigenvalue weighted by molar-refractivity contribution is 4.96. The molecule has 0 saturated carbocycles. The minimum atomic E-state index is 0.599. The summed E-state index contributed by atoms with van der Waals surface area (Å²) in [6, 6.07) is 0.599. The third-order valence-corrected chi connectivity index (χ3v) is 5.11. The quantitative estimate of drug-likeness (QED) is 0.829. The van der Waals surface area contributed by atoms with E-state index in [0.717, 1.165) is 45.9 Å². The first-order valence-corrected chi connectivity index (χ1v) is 8.62. The maximum absolute atomic E-state index is 5.55. The van der Waals surface area contributed by atoms with Crippen LogP contribution in [0.5, 0.6) is 0 Å². The van der Waals surface area contributed by atoms with Crippen LogP contribution in [0.25, 0.3) is 0 Å². The molecule has 5 nitrogen and oxygen atoms in total. The van der Waals surface area contributed by atoms with E-state index in [1.165, 1.54) is 12.2 Å². The van der Waals surface area contributed by atoms with Crippen LogP contribution in [0.15, 0.2) is 12.4 Å². The SMILES string of the molecule is CC(C)N(C)C[C@@H]1CN(C[C@H]2CCOC2)Cc2nccn2C1. The minimum Gasteiger partial charge on any atom is -0.381 e. The molecule has 2 aliphatic rings. The van der Waals surface area contributed by atoms with Gasteiger partial charge in [0.2, 0.25) is 0 Å². The van der Waals surface area contributed by atoms with E-state index in [9.17, 15) is 0 Å². The highest BCUT2D eigenvalue weighted by Gasteiger charge is 2.26. The van der Waals surface area contributed by atoms with Crippen LogP contribution in [-0.4, -0.2) is 65.3 Å². The lowest BCUT2D eigenvalue weighted by molar-refractivity contribution is 0.141. The second-order valence-corrected chi connectivity index (χ2v) is 7.32. The van der Waals surface area contributed by atoms with Gasteiger partial charge in [-0.3, -0.25) is 4.90 Å². The zero-order valence-electron chi connectivity index (χ0n) is 14.2. The molecular weight excluding hydrogens is 276 g/mol. The Morgan fingerprint density at radius 2 is 2.23 bits per heavy atom. The summed E-state index contributed by atoms with van der Waals surface area (Å²) in [6.45, 7) is 11.9. The van der Waals surface area contributed by atoms with Crippen molar-refractivity contribution >= 4 is 0 Å². The third kappa shape index (κ3) is 3.89. The topological polar surface area (TPSA) is 33.5 Å². The molecule has 0 N–H and O–H groups in total. The van der Waals surface area contributed by atoms with E-state index in [1.807, 2.05) is 6.20 Å². The molecule has 3 heterocycles. The summed E-state index contributed by atoms with van der Waals surface area (Å²) in [5, 5.41) is 0. The predicted octanol–water partition coefficient (Wildman–Crippen LogP) is 1.69. The van der Waals surface area contributed by atoms with Gasteiger partial charge in [0, 0.05) is 57.1 Å². The molecule has 2 atom stereocenters. The van der Waals surface area contributed by atoms with Crippen LogP contribution in [-0.2, 0) is 17.8 Å². The molecule has 0 aromatic carbocycles. The van der Waals surface area contributed by atoms with Crippen molar-refractivity contribution in [3.05, 3.63) is 18.2 Å². The molecule has 0 unspecified atom stereocenters. The van der Waals surface area contributed by atoms with E-state index in [-0.39, 0.29) is 0 Å². The summed E-state index contributed by atoms with van der Waals surface area (Å²) in [5.74, 6) is 2.57. The average molecular weight is 306 g/mol. The smallest absolute Gasteiger partial charge is 0.122 e. The fourth-order valence-corrected chi connectivity index (χ4v) is 3.59. The lowest BCUT2D eigenvalue weighted by Gasteiger charge is -2.30. The van der Waals surface area contributed by atoms with Gasteiger partial charge in [-0.05, 0) is 33.2 Å². The standard InChI is InChI=1S/C17H30N4O/c1-14(2)19(3)8-16-10-20(9-15-4-7-22-13-15)12-17-18-5-6-21(17)11-16/h5-6,14-16H,4,7-13H2,1-3H3/t15-,16-/m1/s1. The highest BCUT2D eigenvalue weighted by atomic mass is 16.5. The number of hydrogen-bond donors (Lipinski definition) is 0. The average Bonchev–Trinajstić information content (AvgIpc) is 3.08. The van der Waals surface area contributed by atoms with E-state index in [4.69, 9.17) is 4.74 Å². The molecule has 22 heavy (non-hydrogen) atoms. The minimum absolute atomic E-state index is 0.599. The van der Waals surface area contributed by atoms with Crippen LogP contribution in [0.1, 0.15) is 26.1 Å². The zero-order chi connectivity index (χ0) is 15.5. The van der Waals surface area contributed by atoms with Crippen LogP contribution in [0.4, 0.5) is 0 Å². The van der Waals surface area contributed by atoms with Crippen molar-refractivity contribution in [2.75, 3.05) is 39.9 Å². The summed E-state index contributed by atoms with van der Waals surface area (Å²) in [7, 11) is 2.24. The van der Waals surface area contributed by atoms with Crippen LogP contribution in [0.2, 0.25) is 0 Å². The number of fused-ring (bicyclic) bond motifs is 1. The summed E-state index contributed by atoms with van der Waals surface area (Å²) in [4.78, 5) is 9.63. The molecule has 0 aliphatic carbocycles. The van der Waals surface area contributed by atoms with Crippen molar-refractivity contribution in [3.8, 4) is 0 Å². The molecular formula is C17H30N4O. The molecule has 0 radical (unpaired) electrons. The Labute approximate surface area is 134 Å². The van der Waals surface area contributed by atoms with Crippen molar-refractivity contribution in [2.45, 2.75) is 39.4 Å². The lowest BCUT2D eigenvalue weighted by Crippen LogP contribution is -2.39. The van der Waals surface area contributed by atoms with Crippen LogP contribution in [0, 0.1) is 11.8 Å². The second-order valence-electron chi connectivity index (χ2n) is 7.32. The molecule has 1 fully saturated rings. The van der Waals surface area contributed by atoms with E-state index in [2.05, 4.69) is 46.4 Å². The lowest BCUT2D eigenvalue weighted by atomic mass is 10.1. The van der Waals surface area contributed by atoms with Gasteiger partial charge in [-0.15, -0.1) is 0 Å². The molecule has 5 heteroatoms. The van der Waals surface area contributed by atoms with Gasteiger partial charge in [-0.2, -0.15) is 0 Å². The summed E-state index contributed by atoms with van der Waals surface area (Å²) < 4.78 is 7.90. The van der Waals surface area contributed by atoms with Gasteiger partial charge >= 0.3 is 0 Å². The largest absolute Gasteiger partial charge is 0.381 e. The van der Waals surface area contributed by atoms with Gasteiger partial charge in [-0.1, -0.05) is 0 Å². The Kier molecular flexibility index (Phi) is 5.16. The number of rotatable bonds is 5. The van der Waals surface area contributed by atoms with Gasteiger partial charge in [-0.25, -0.2) is 4.98 Å². The number of aromatic nitrogens is 2. The van der Waals surface area contributed by atoms with Crippen LogP contribution >= 0.6 is 0 Å². The van der Waals surface area contributed by atoms with Crippen molar-refractivity contribution in [1.82, 2.24) is 19.4 Å². The van der Waals surface area contributed by atoms with Gasteiger partial charge < -0.3 is 14.2 Å². The molecule has 1 saturated heterocycles. The Morgan fingerprint density at radius 3 is 2.95 bits per heavy atom. The molecule has 0 bridgehead atoms. The highest BCUT2D eigenvalue weighted by Crippen LogP contribution is 2.20. The molecule has 1 aromatic rings. The zero-order valence-corrected chi connectivity index (χ0v) is 14.2. The first-order valence-electron chi connectivity index (χ1n) is 8.62. The maximum Gasteiger partial charge on any atom is 0.122 e. The van der Waals surface area contributed by atoms with E-state index >= 15 is 0 Å². The molecule has 1 aromatic heterocycles. The van der Waals surface area contributed by atoms with Crippen LogP contribution < -0.4 is 0 Å². The fraction of sp³-hybridized carbons (Fsp3) is 0.824. The van der Waals surface area contributed by atoms with Crippen molar-refractivity contribution in [3.63, 3.8) is 0 Å². The Morgan fingerprint density at radius 1 is 1.36 bits per heavy atom. The van der Waals surface area contributed by atoms with Crippen molar-refractivity contribution in [2.24, 2.45) is 11.8 Å². The van der Waals surface area contributed by atoms with Crippen molar-refractivity contribution in [1.29, 1.82) is 0 Å². The van der Waals surface area contributed by atoms with E-state index in [0.29, 0.717) is 17.9 Å². The molecule has 3 rings (SSSR count). The van der Waals surface area contributed by atoms with Gasteiger partial charge in [0.25, 0.3) is 0 Å². The monoisotopic (exact) mass is 306 g/mol. The molecule has 0 amide bonds. The first kappa shape index (κ1) is 16.0. The molecule has 0 spiro atoms. The second kappa shape index (κ2) is 7.11. The van der Waals surface area contributed by atoms with E-state index in [1.54, 1.807) is 0 Å². The predicted molar refractivity (Wildman–Crippen MR) is 87.7 cm³/mol. The number of hydrogen-bond acceptors (Lipinski definition) is 4. The maximum atomic E-state index is 5.55. The Hall–Kier alpha value is -0.910. The summed E-state index contributed by atoms with van der Waals surface area (Å²) in [5.41, 5.74) is 0. The fourth-order valence-electron chi connectivity index (χ4n) is 3.59. The number of ether oxygens (including phenoxy) is 1. The summed E-state index contributed by atoms with van der Waals surface area (Å²) in [6.07, 6.45) is 5.29. The molecule has 2 aliphatic heterocycles. The first-order chi connectivity index (χ1) is 10.6. The van der Waals surface area contributed by atoms with Gasteiger partial charge in [0.15, 0.2) is 0 Å². The normalized spacial score (nSPS) is 26.6.